The van der Waals surface area contributed by atoms with E-state index in [2.05, 4.69) is 9.47 Å². The Morgan fingerprint density at radius 3 is 1.11 bits per heavy atom. The quantitative estimate of drug-likeness (QED) is 0.188. The standard InChI is InChI=1S/C12H14O4.C10H10O4.C9H10O2.C4H10O/c1-3-15-11(13)9-7-5-6-8-10(9)12(14)16-4-2;1-13-9(11)7-5-3-4-6-8(7)10(12)14-2;1-8(10)11-7-9-5-3-2-4-6-9;1-3-5-4-2/h5-8H,3-4H2,1-2H3;3-6H,1-2H3;2-6H,7H2,1H3;3-4H2,1-2H3. The van der Waals surface area contributed by atoms with E-state index in [1.165, 1.54) is 33.3 Å². The van der Waals surface area contributed by atoms with Crippen molar-refractivity contribution in [2.75, 3.05) is 40.6 Å². The SMILES string of the molecule is CC(=O)OCc1ccccc1.CCOC(=O)c1ccccc1C(=O)OCC.CCOCC.COC(=O)c1ccccc1C(=O)OC. The van der Waals surface area contributed by atoms with Gasteiger partial charge in [-0.15, -0.1) is 0 Å². The van der Waals surface area contributed by atoms with E-state index in [4.69, 9.17) is 18.9 Å². The Kier molecular flexibility index (Phi) is 22.5. The average Bonchev–Trinajstić information content (AvgIpc) is 3.08. The molecule has 0 aliphatic carbocycles. The second-order valence-electron chi connectivity index (χ2n) is 8.56. The first-order valence-corrected chi connectivity index (χ1v) is 14.5. The Hall–Kier alpha value is -5.03. The largest absolute Gasteiger partial charge is 0.465 e. The van der Waals surface area contributed by atoms with Crippen LogP contribution in [0.3, 0.4) is 0 Å². The molecule has 3 aromatic rings. The molecule has 0 N–H and O–H groups in total. The number of ether oxygens (including phenoxy) is 6. The maximum Gasteiger partial charge on any atom is 0.338 e. The minimum Gasteiger partial charge on any atom is -0.465 e. The highest BCUT2D eigenvalue weighted by Crippen LogP contribution is 2.12. The van der Waals surface area contributed by atoms with E-state index in [1.807, 2.05) is 44.2 Å². The molecule has 250 valence electrons. The molecule has 0 heterocycles. The number of carbonyl (C=O) groups excluding carboxylic acids is 5. The van der Waals surface area contributed by atoms with Crippen molar-refractivity contribution in [3.05, 3.63) is 107 Å². The fourth-order valence-corrected chi connectivity index (χ4v) is 3.28. The van der Waals surface area contributed by atoms with Crippen LogP contribution in [-0.2, 0) is 39.8 Å². The zero-order chi connectivity index (χ0) is 34.7. The highest BCUT2D eigenvalue weighted by Gasteiger charge is 2.18. The van der Waals surface area contributed by atoms with Gasteiger partial charge in [0.25, 0.3) is 0 Å². The second kappa shape index (κ2) is 25.3. The summed E-state index contributed by atoms with van der Waals surface area (Å²) in [5.41, 5.74) is 1.91. The number of methoxy groups -OCH3 is 2. The molecular weight excluding hydrogens is 596 g/mol. The first-order valence-electron chi connectivity index (χ1n) is 14.5. The molecule has 0 bridgehead atoms. The predicted molar refractivity (Wildman–Crippen MR) is 172 cm³/mol. The molecule has 3 rings (SSSR count). The van der Waals surface area contributed by atoms with Gasteiger partial charge in [-0.05, 0) is 57.5 Å². The monoisotopic (exact) mass is 640 g/mol. The summed E-state index contributed by atoms with van der Waals surface area (Å²) in [4.78, 5) is 55.9. The van der Waals surface area contributed by atoms with Gasteiger partial charge in [0.05, 0.1) is 49.7 Å². The molecule has 0 radical (unpaired) electrons. The van der Waals surface area contributed by atoms with Crippen LogP contribution in [0.15, 0.2) is 78.9 Å². The molecule has 0 fully saturated rings. The van der Waals surface area contributed by atoms with Gasteiger partial charge >= 0.3 is 29.8 Å². The summed E-state index contributed by atoms with van der Waals surface area (Å²) in [5.74, 6) is -2.36. The Labute approximate surface area is 270 Å². The number of hydrogen-bond donors (Lipinski definition) is 0. The lowest BCUT2D eigenvalue weighted by Crippen LogP contribution is -2.13. The summed E-state index contributed by atoms with van der Waals surface area (Å²) in [6.07, 6.45) is 0. The van der Waals surface area contributed by atoms with Gasteiger partial charge in [-0.1, -0.05) is 54.6 Å². The molecule has 0 amide bonds. The van der Waals surface area contributed by atoms with Gasteiger partial charge in [-0.25, -0.2) is 19.2 Å². The van der Waals surface area contributed by atoms with Crippen molar-refractivity contribution < 1.29 is 52.4 Å². The normalized spacial score (nSPS) is 9.28. The van der Waals surface area contributed by atoms with E-state index >= 15 is 0 Å². The van der Waals surface area contributed by atoms with Gasteiger partial charge in [-0.3, -0.25) is 4.79 Å². The number of benzene rings is 3. The number of carbonyl (C=O) groups is 5. The van der Waals surface area contributed by atoms with Gasteiger partial charge in [0.2, 0.25) is 0 Å². The lowest BCUT2D eigenvalue weighted by atomic mass is 10.1. The predicted octanol–water partition coefficient (Wildman–Crippen LogP) is 6.09. The van der Waals surface area contributed by atoms with Crippen molar-refractivity contribution in [3.63, 3.8) is 0 Å². The molecule has 0 spiro atoms. The molecule has 0 aromatic heterocycles. The Bertz CT molecular complexity index is 1260. The minimum absolute atomic E-state index is 0.210. The van der Waals surface area contributed by atoms with Crippen molar-refractivity contribution in [1.29, 1.82) is 0 Å². The maximum atomic E-state index is 11.5. The van der Waals surface area contributed by atoms with Crippen LogP contribution in [0.1, 0.15) is 81.6 Å². The number of esters is 5. The van der Waals surface area contributed by atoms with Crippen LogP contribution < -0.4 is 0 Å². The van der Waals surface area contributed by atoms with Crippen LogP contribution in [0.4, 0.5) is 0 Å². The Morgan fingerprint density at radius 1 is 0.478 bits per heavy atom. The van der Waals surface area contributed by atoms with E-state index in [9.17, 15) is 24.0 Å². The van der Waals surface area contributed by atoms with Gasteiger partial charge < -0.3 is 28.4 Å². The summed E-state index contributed by atoms with van der Waals surface area (Å²) in [6, 6.07) is 22.4. The summed E-state index contributed by atoms with van der Waals surface area (Å²) < 4.78 is 28.4. The molecule has 0 aliphatic heterocycles. The van der Waals surface area contributed by atoms with Crippen molar-refractivity contribution in [3.8, 4) is 0 Å². The van der Waals surface area contributed by atoms with E-state index in [0.717, 1.165) is 18.8 Å². The first-order chi connectivity index (χ1) is 22.1. The summed E-state index contributed by atoms with van der Waals surface area (Å²) in [7, 11) is 2.52. The van der Waals surface area contributed by atoms with Crippen LogP contribution in [0.25, 0.3) is 0 Å². The summed E-state index contributed by atoms with van der Waals surface area (Å²) >= 11 is 0. The van der Waals surface area contributed by atoms with Gasteiger partial charge in [0, 0.05) is 20.1 Å². The summed E-state index contributed by atoms with van der Waals surface area (Å²) in [5, 5.41) is 0. The Morgan fingerprint density at radius 2 is 0.826 bits per heavy atom. The molecule has 11 nitrogen and oxygen atoms in total. The van der Waals surface area contributed by atoms with E-state index in [0.29, 0.717) is 6.61 Å². The lowest BCUT2D eigenvalue weighted by Gasteiger charge is -2.07. The zero-order valence-corrected chi connectivity index (χ0v) is 27.5. The number of rotatable bonds is 10. The average molecular weight is 641 g/mol. The highest BCUT2D eigenvalue weighted by atomic mass is 16.5. The molecule has 0 atom stereocenters. The van der Waals surface area contributed by atoms with Crippen LogP contribution in [0.2, 0.25) is 0 Å². The smallest absolute Gasteiger partial charge is 0.338 e. The fourth-order valence-electron chi connectivity index (χ4n) is 3.28. The molecule has 46 heavy (non-hydrogen) atoms. The van der Waals surface area contributed by atoms with Crippen LogP contribution in [-0.4, -0.2) is 70.5 Å². The van der Waals surface area contributed by atoms with Crippen molar-refractivity contribution in [1.82, 2.24) is 0 Å². The fraction of sp³-hybridized carbons (Fsp3) is 0.343. The third-order valence-electron chi connectivity index (χ3n) is 5.35. The molecule has 0 unspecified atom stereocenters. The van der Waals surface area contributed by atoms with Crippen molar-refractivity contribution in [2.45, 2.75) is 41.2 Å². The topological polar surface area (TPSA) is 141 Å². The minimum atomic E-state index is -0.550. The van der Waals surface area contributed by atoms with E-state index in [1.54, 1.807) is 50.2 Å². The highest BCUT2D eigenvalue weighted by molar-refractivity contribution is 6.03. The third kappa shape index (κ3) is 16.7. The molecule has 0 aliphatic rings. The molecule has 0 saturated carbocycles. The van der Waals surface area contributed by atoms with Crippen molar-refractivity contribution in [2.24, 2.45) is 0 Å². The maximum absolute atomic E-state index is 11.5. The molecular formula is C35H44O11. The molecule has 0 saturated heterocycles. The Balaban J connectivity index is 0.000000622. The van der Waals surface area contributed by atoms with Crippen LogP contribution in [0, 0.1) is 0 Å². The van der Waals surface area contributed by atoms with Crippen LogP contribution in [0.5, 0.6) is 0 Å². The van der Waals surface area contributed by atoms with E-state index < -0.39 is 23.9 Å². The van der Waals surface area contributed by atoms with Crippen LogP contribution >= 0.6 is 0 Å². The van der Waals surface area contributed by atoms with Gasteiger partial charge in [-0.2, -0.15) is 0 Å². The molecule has 11 heteroatoms. The van der Waals surface area contributed by atoms with Crippen molar-refractivity contribution >= 4 is 29.8 Å². The van der Waals surface area contributed by atoms with Gasteiger partial charge in [0.1, 0.15) is 6.61 Å². The first kappa shape index (κ1) is 41.0. The summed E-state index contributed by atoms with van der Waals surface area (Å²) in [6.45, 7) is 11.4. The lowest BCUT2D eigenvalue weighted by molar-refractivity contribution is -0.142. The number of hydrogen-bond acceptors (Lipinski definition) is 11. The molecule has 3 aromatic carbocycles. The van der Waals surface area contributed by atoms with E-state index in [-0.39, 0.29) is 41.4 Å². The zero-order valence-electron chi connectivity index (χ0n) is 27.5. The third-order valence-corrected chi connectivity index (χ3v) is 5.35. The van der Waals surface area contributed by atoms with Gasteiger partial charge in [0.15, 0.2) is 0 Å². The second-order valence-corrected chi connectivity index (χ2v) is 8.56.